The van der Waals surface area contributed by atoms with Crippen molar-refractivity contribution in [2.75, 3.05) is 6.54 Å². The average Bonchev–Trinajstić information content (AvgIpc) is 2.44. The largest absolute Gasteiger partial charge is 0.313 e. The number of nitrogens with one attached hydrogen (secondary N) is 1. The molecule has 2 aromatic rings. The molecular weight excluding hydrogens is 269 g/mol. The summed E-state index contributed by atoms with van der Waals surface area (Å²) < 4.78 is 14.1. The topological polar surface area (TPSA) is 12.0 Å². The summed E-state index contributed by atoms with van der Waals surface area (Å²) in [5, 5.41) is 3.28. The van der Waals surface area contributed by atoms with Crippen LogP contribution in [0.5, 0.6) is 0 Å². The quantitative estimate of drug-likeness (QED) is 0.768. The van der Waals surface area contributed by atoms with Gasteiger partial charge in [0.05, 0.1) is 0 Å². The van der Waals surface area contributed by atoms with E-state index in [1.165, 1.54) is 17.3 Å². The van der Waals surface area contributed by atoms with Crippen molar-refractivity contribution in [1.29, 1.82) is 0 Å². The van der Waals surface area contributed by atoms with Gasteiger partial charge >= 0.3 is 0 Å². The van der Waals surface area contributed by atoms with Crippen molar-refractivity contribution in [2.45, 2.75) is 36.6 Å². The highest BCUT2D eigenvalue weighted by Gasteiger charge is 2.07. The van der Waals surface area contributed by atoms with Gasteiger partial charge in [-0.25, -0.2) is 4.39 Å². The molecule has 0 aliphatic rings. The van der Waals surface area contributed by atoms with Gasteiger partial charge in [0.1, 0.15) is 5.82 Å². The molecule has 1 N–H and O–H groups in total. The summed E-state index contributed by atoms with van der Waals surface area (Å²) in [5.74, 6) is -0.144. The van der Waals surface area contributed by atoms with Gasteiger partial charge in [-0.15, -0.1) is 0 Å². The second-order valence-corrected chi connectivity index (χ2v) is 5.89. The average molecular weight is 289 g/mol. The van der Waals surface area contributed by atoms with Gasteiger partial charge < -0.3 is 5.32 Å². The molecule has 3 heteroatoms. The standard InChI is InChI=1S/C17H20FNS/c1-3-10-19-12-14-8-9-17(15(18)11-14)20-16-7-5-4-6-13(16)2/h4-9,11,19H,3,10,12H2,1-2H3. The summed E-state index contributed by atoms with van der Waals surface area (Å²) >= 11 is 1.48. The fraction of sp³-hybridized carbons (Fsp3) is 0.294. The van der Waals surface area contributed by atoms with Gasteiger partial charge in [-0.05, 0) is 49.2 Å². The molecule has 0 radical (unpaired) electrons. The molecule has 0 amide bonds. The fourth-order valence-electron chi connectivity index (χ4n) is 1.94. The van der Waals surface area contributed by atoms with Crippen LogP contribution in [0.25, 0.3) is 0 Å². The van der Waals surface area contributed by atoms with Gasteiger partial charge in [0.15, 0.2) is 0 Å². The van der Waals surface area contributed by atoms with Crippen molar-refractivity contribution < 1.29 is 4.39 Å². The summed E-state index contributed by atoms with van der Waals surface area (Å²) in [6.45, 7) is 5.85. The van der Waals surface area contributed by atoms with Crippen LogP contribution in [0.2, 0.25) is 0 Å². The predicted octanol–water partition coefficient (Wildman–Crippen LogP) is 4.78. The first-order valence-electron chi connectivity index (χ1n) is 6.93. The Labute approximate surface area is 124 Å². The maximum absolute atomic E-state index is 14.1. The van der Waals surface area contributed by atoms with Crippen LogP contribution in [-0.2, 0) is 6.54 Å². The monoisotopic (exact) mass is 289 g/mol. The van der Waals surface area contributed by atoms with Crippen LogP contribution in [0, 0.1) is 12.7 Å². The first-order chi connectivity index (χ1) is 9.70. The number of rotatable bonds is 6. The number of halogens is 1. The van der Waals surface area contributed by atoms with Crippen molar-refractivity contribution in [3.63, 3.8) is 0 Å². The number of benzene rings is 2. The summed E-state index contributed by atoms with van der Waals surface area (Å²) in [6, 6.07) is 13.5. The van der Waals surface area contributed by atoms with Gasteiger partial charge in [-0.2, -0.15) is 0 Å². The molecule has 0 aliphatic carbocycles. The van der Waals surface area contributed by atoms with Crippen LogP contribution in [0.4, 0.5) is 4.39 Å². The zero-order valence-electron chi connectivity index (χ0n) is 11.9. The maximum atomic E-state index is 14.1. The molecule has 0 heterocycles. The SMILES string of the molecule is CCCNCc1ccc(Sc2ccccc2C)c(F)c1. The highest BCUT2D eigenvalue weighted by molar-refractivity contribution is 7.99. The Morgan fingerprint density at radius 3 is 2.60 bits per heavy atom. The molecule has 0 bridgehead atoms. The van der Waals surface area contributed by atoms with Gasteiger partial charge in [0.25, 0.3) is 0 Å². The second kappa shape index (κ2) is 7.46. The molecule has 0 aromatic heterocycles. The minimum atomic E-state index is -0.144. The highest BCUT2D eigenvalue weighted by Crippen LogP contribution is 2.32. The van der Waals surface area contributed by atoms with E-state index < -0.39 is 0 Å². The van der Waals surface area contributed by atoms with Crippen LogP contribution >= 0.6 is 11.8 Å². The fourth-order valence-corrected chi connectivity index (χ4v) is 2.84. The molecule has 0 saturated carbocycles. The smallest absolute Gasteiger partial charge is 0.137 e. The van der Waals surface area contributed by atoms with E-state index in [1.807, 2.05) is 43.3 Å². The summed E-state index contributed by atoms with van der Waals surface area (Å²) in [7, 11) is 0. The lowest BCUT2D eigenvalue weighted by molar-refractivity contribution is 0.595. The van der Waals surface area contributed by atoms with Gasteiger partial charge in [0, 0.05) is 16.3 Å². The van der Waals surface area contributed by atoms with E-state index >= 15 is 0 Å². The van der Waals surface area contributed by atoms with Crippen LogP contribution in [0.3, 0.4) is 0 Å². The molecule has 0 fully saturated rings. The first kappa shape index (κ1) is 15.1. The van der Waals surface area contributed by atoms with E-state index in [2.05, 4.69) is 12.2 Å². The van der Waals surface area contributed by atoms with Crippen molar-refractivity contribution in [3.8, 4) is 0 Å². The van der Waals surface area contributed by atoms with Gasteiger partial charge in [-0.1, -0.05) is 43.0 Å². The minimum Gasteiger partial charge on any atom is -0.313 e. The third-order valence-corrected chi connectivity index (χ3v) is 4.29. The Bertz CT molecular complexity index is 569. The van der Waals surface area contributed by atoms with Crippen molar-refractivity contribution in [1.82, 2.24) is 5.32 Å². The van der Waals surface area contributed by atoms with E-state index in [-0.39, 0.29) is 5.82 Å². The van der Waals surface area contributed by atoms with Crippen LogP contribution in [0.15, 0.2) is 52.3 Å². The molecular formula is C17H20FNS. The summed E-state index contributed by atoms with van der Waals surface area (Å²) in [6.07, 6.45) is 1.09. The molecule has 0 unspecified atom stereocenters. The van der Waals surface area contributed by atoms with E-state index in [0.29, 0.717) is 4.90 Å². The third kappa shape index (κ3) is 4.09. The Balaban J connectivity index is 2.08. The molecule has 106 valence electrons. The van der Waals surface area contributed by atoms with Crippen molar-refractivity contribution in [2.24, 2.45) is 0 Å². The second-order valence-electron chi connectivity index (χ2n) is 4.81. The normalized spacial score (nSPS) is 10.8. The first-order valence-corrected chi connectivity index (χ1v) is 7.75. The molecule has 2 aromatic carbocycles. The molecule has 0 atom stereocenters. The number of hydrogen-bond acceptors (Lipinski definition) is 2. The molecule has 1 nitrogen and oxygen atoms in total. The summed E-state index contributed by atoms with van der Waals surface area (Å²) in [4.78, 5) is 1.78. The molecule has 0 aliphatic heterocycles. The van der Waals surface area contributed by atoms with E-state index in [1.54, 1.807) is 6.07 Å². The zero-order valence-corrected chi connectivity index (χ0v) is 12.8. The molecule has 2 rings (SSSR count). The predicted molar refractivity (Wildman–Crippen MR) is 83.7 cm³/mol. The van der Waals surface area contributed by atoms with Gasteiger partial charge in [0.2, 0.25) is 0 Å². The number of aryl methyl sites for hydroxylation is 1. The summed E-state index contributed by atoms with van der Waals surface area (Å²) in [5.41, 5.74) is 2.16. The van der Waals surface area contributed by atoms with Crippen molar-refractivity contribution in [3.05, 3.63) is 59.4 Å². The highest BCUT2D eigenvalue weighted by atomic mass is 32.2. The van der Waals surface area contributed by atoms with E-state index in [4.69, 9.17) is 0 Å². The molecule has 0 spiro atoms. The number of hydrogen-bond donors (Lipinski definition) is 1. The lowest BCUT2D eigenvalue weighted by atomic mass is 10.2. The Morgan fingerprint density at radius 1 is 1.10 bits per heavy atom. The Kier molecular flexibility index (Phi) is 5.62. The lowest BCUT2D eigenvalue weighted by Crippen LogP contribution is -2.13. The Hall–Kier alpha value is -1.32. The van der Waals surface area contributed by atoms with Crippen molar-refractivity contribution >= 4 is 11.8 Å². The van der Waals surface area contributed by atoms with Gasteiger partial charge in [-0.3, -0.25) is 0 Å². The zero-order chi connectivity index (χ0) is 14.4. The lowest BCUT2D eigenvalue weighted by Gasteiger charge is -2.08. The Morgan fingerprint density at radius 2 is 1.90 bits per heavy atom. The van der Waals surface area contributed by atoms with E-state index in [9.17, 15) is 4.39 Å². The molecule has 0 saturated heterocycles. The third-order valence-electron chi connectivity index (χ3n) is 3.07. The minimum absolute atomic E-state index is 0.144. The molecule has 20 heavy (non-hydrogen) atoms. The maximum Gasteiger partial charge on any atom is 0.137 e. The van der Waals surface area contributed by atoms with Crippen LogP contribution in [-0.4, -0.2) is 6.54 Å². The van der Waals surface area contributed by atoms with E-state index in [0.717, 1.165) is 30.0 Å². The van der Waals surface area contributed by atoms with Crippen LogP contribution in [0.1, 0.15) is 24.5 Å². The van der Waals surface area contributed by atoms with Crippen LogP contribution < -0.4 is 5.32 Å².